The number of carbonyl (C=O) groups excluding carboxylic acids is 1. The molecular weight excluding hydrogens is 485 g/mol. The third-order valence-electron chi connectivity index (χ3n) is 5.99. The minimum atomic E-state index is -4.62. The fourth-order valence-electron chi connectivity index (χ4n) is 3.97. The number of amides is 1. The molecule has 1 aliphatic rings. The molecule has 1 fully saturated rings. The Kier molecular flexibility index (Phi) is 5.87. The van der Waals surface area contributed by atoms with Gasteiger partial charge in [-0.2, -0.15) is 23.5 Å². The Morgan fingerprint density at radius 2 is 1.84 bits per heavy atom. The van der Waals surface area contributed by atoms with Gasteiger partial charge < -0.3 is 5.32 Å². The number of hydrogen-bond acceptors (Lipinski definition) is 5. The summed E-state index contributed by atoms with van der Waals surface area (Å²) < 4.78 is 42.9. The van der Waals surface area contributed by atoms with Crippen LogP contribution in [-0.2, 0) is 6.18 Å². The molecule has 8 nitrogen and oxygen atoms in total. The lowest BCUT2D eigenvalue weighted by Crippen LogP contribution is -2.36. The van der Waals surface area contributed by atoms with E-state index in [2.05, 4.69) is 15.4 Å². The normalized spacial score (nSPS) is 13.3. The van der Waals surface area contributed by atoms with E-state index < -0.39 is 28.9 Å². The van der Waals surface area contributed by atoms with Gasteiger partial charge in [0.15, 0.2) is 5.69 Å². The zero-order valence-corrected chi connectivity index (χ0v) is 19.5. The first-order valence-corrected chi connectivity index (χ1v) is 11.3. The van der Waals surface area contributed by atoms with Crippen LogP contribution in [-0.4, -0.2) is 31.3 Å². The van der Waals surface area contributed by atoms with Crippen LogP contribution in [0.2, 0.25) is 0 Å². The summed E-state index contributed by atoms with van der Waals surface area (Å²) in [4.78, 5) is 30.8. The number of benzene rings is 2. The summed E-state index contributed by atoms with van der Waals surface area (Å²) in [6.07, 6.45) is -1.57. The van der Waals surface area contributed by atoms with Gasteiger partial charge in [-0.3, -0.25) is 14.2 Å². The molecule has 186 valence electrons. The van der Waals surface area contributed by atoms with E-state index in [0.29, 0.717) is 16.9 Å². The molecule has 5 rings (SSSR count). The number of nitrogens with one attached hydrogen (secondary N) is 1. The van der Waals surface area contributed by atoms with Crippen molar-refractivity contribution in [2.24, 2.45) is 0 Å². The summed E-state index contributed by atoms with van der Waals surface area (Å²) in [6, 6.07) is 14.5. The van der Waals surface area contributed by atoms with Crippen molar-refractivity contribution in [1.82, 2.24) is 24.6 Å². The van der Waals surface area contributed by atoms with Crippen molar-refractivity contribution < 1.29 is 18.0 Å². The Morgan fingerprint density at radius 1 is 1.11 bits per heavy atom. The zero-order chi connectivity index (χ0) is 26.3. The van der Waals surface area contributed by atoms with Crippen LogP contribution in [0, 0.1) is 18.3 Å². The topological polar surface area (TPSA) is 106 Å². The Bertz CT molecular complexity index is 1610. The molecule has 2 aromatic heterocycles. The van der Waals surface area contributed by atoms with Gasteiger partial charge in [-0.25, -0.2) is 9.67 Å². The highest BCUT2D eigenvalue weighted by molar-refractivity contribution is 5.93. The first-order chi connectivity index (χ1) is 17.7. The van der Waals surface area contributed by atoms with Gasteiger partial charge in [-0.1, -0.05) is 6.07 Å². The summed E-state index contributed by atoms with van der Waals surface area (Å²) in [5, 5.41) is 16.1. The van der Waals surface area contributed by atoms with E-state index in [0.717, 1.165) is 29.5 Å². The monoisotopic (exact) mass is 504 g/mol. The SMILES string of the molecule is Cc1c(-c2ccnn2-c2ccc(C#N)cc2)nc(C(=O)NC2CC2)c(=O)n1-c1cccc(C(F)(F)F)c1. The number of halogens is 3. The molecule has 1 saturated carbocycles. The maximum absolute atomic E-state index is 13.4. The molecule has 1 aliphatic carbocycles. The van der Waals surface area contributed by atoms with Crippen molar-refractivity contribution in [1.29, 1.82) is 5.26 Å². The number of hydrogen-bond donors (Lipinski definition) is 1. The molecule has 2 heterocycles. The highest BCUT2D eigenvalue weighted by Crippen LogP contribution is 2.31. The molecule has 1 N–H and O–H groups in total. The van der Waals surface area contributed by atoms with Crippen molar-refractivity contribution in [3.05, 3.63) is 93.7 Å². The van der Waals surface area contributed by atoms with Crippen LogP contribution >= 0.6 is 0 Å². The standard InChI is InChI=1S/C26H19F3N6O2/c1-15-22(21-11-12-31-35(21)19-9-5-16(14-30)6-10-19)33-23(24(36)32-18-7-8-18)25(37)34(15)20-4-2-3-17(13-20)26(27,28)29/h2-6,9-13,18H,7-8H2,1H3,(H,32,36). The summed E-state index contributed by atoms with van der Waals surface area (Å²) in [5.41, 5.74) is -0.386. The Balaban J connectivity index is 1.73. The molecule has 37 heavy (non-hydrogen) atoms. The van der Waals surface area contributed by atoms with Gasteiger partial charge in [-0.15, -0.1) is 0 Å². The molecule has 11 heteroatoms. The largest absolute Gasteiger partial charge is 0.416 e. The van der Waals surface area contributed by atoms with Gasteiger partial charge in [0.2, 0.25) is 0 Å². The lowest BCUT2D eigenvalue weighted by Gasteiger charge is -2.18. The van der Waals surface area contributed by atoms with Gasteiger partial charge in [-0.05, 0) is 68.3 Å². The van der Waals surface area contributed by atoms with Gasteiger partial charge in [0.05, 0.1) is 40.5 Å². The van der Waals surface area contributed by atoms with Gasteiger partial charge in [0.1, 0.15) is 5.69 Å². The van der Waals surface area contributed by atoms with Crippen molar-refractivity contribution in [2.75, 3.05) is 0 Å². The van der Waals surface area contributed by atoms with E-state index >= 15 is 0 Å². The van der Waals surface area contributed by atoms with E-state index in [-0.39, 0.29) is 23.1 Å². The van der Waals surface area contributed by atoms with E-state index in [4.69, 9.17) is 5.26 Å². The number of rotatable bonds is 5. The first kappa shape index (κ1) is 24.0. The van der Waals surface area contributed by atoms with Crippen LogP contribution in [0.25, 0.3) is 22.8 Å². The second-order valence-electron chi connectivity index (χ2n) is 8.62. The summed E-state index contributed by atoms with van der Waals surface area (Å²) >= 11 is 0. The lowest BCUT2D eigenvalue weighted by molar-refractivity contribution is -0.137. The third-order valence-corrected chi connectivity index (χ3v) is 5.99. The van der Waals surface area contributed by atoms with Gasteiger partial charge in [0.25, 0.3) is 11.5 Å². The quantitative estimate of drug-likeness (QED) is 0.439. The van der Waals surface area contributed by atoms with Crippen LogP contribution in [0.3, 0.4) is 0 Å². The Morgan fingerprint density at radius 3 is 2.49 bits per heavy atom. The molecule has 0 unspecified atom stereocenters. The Hall–Kier alpha value is -4.72. The van der Waals surface area contributed by atoms with Crippen molar-refractivity contribution in [3.63, 3.8) is 0 Å². The average Bonchev–Trinajstić information content (AvgIpc) is 3.56. The molecule has 0 radical (unpaired) electrons. The summed E-state index contributed by atoms with van der Waals surface area (Å²) in [5.74, 6) is -0.695. The number of nitriles is 1. The zero-order valence-electron chi connectivity index (χ0n) is 19.5. The molecule has 0 aliphatic heterocycles. The van der Waals surface area contributed by atoms with Crippen molar-refractivity contribution in [2.45, 2.75) is 32.0 Å². The fourth-order valence-corrected chi connectivity index (χ4v) is 3.97. The molecule has 0 saturated heterocycles. The van der Waals surface area contributed by atoms with Gasteiger partial charge in [0, 0.05) is 11.7 Å². The van der Waals surface area contributed by atoms with Crippen LogP contribution in [0.15, 0.2) is 65.6 Å². The number of alkyl halides is 3. The Labute approximate surface area is 208 Å². The third kappa shape index (κ3) is 4.61. The van der Waals surface area contributed by atoms with Crippen LogP contribution < -0.4 is 10.9 Å². The predicted molar refractivity (Wildman–Crippen MR) is 127 cm³/mol. The van der Waals surface area contributed by atoms with Crippen LogP contribution in [0.1, 0.15) is 40.2 Å². The molecule has 0 spiro atoms. The minimum absolute atomic E-state index is 0.0501. The molecule has 1 amide bonds. The maximum atomic E-state index is 13.4. The summed E-state index contributed by atoms with van der Waals surface area (Å²) in [6.45, 7) is 1.54. The van der Waals surface area contributed by atoms with E-state index in [1.807, 2.05) is 6.07 Å². The second kappa shape index (κ2) is 9.05. The molecule has 2 aromatic carbocycles. The second-order valence-corrected chi connectivity index (χ2v) is 8.62. The smallest absolute Gasteiger partial charge is 0.348 e. The maximum Gasteiger partial charge on any atom is 0.416 e. The van der Waals surface area contributed by atoms with Crippen LogP contribution in [0.5, 0.6) is 0 Å². The van der Waals surface area contributed by atoms with E-state index in [1.165, 1.54) is 23.0 Å². The predicted octanol–water partition coefficient (Wildman–Crippen LogP) is 4.18. The molecule has 0 atom stereocenters. The number of nitrogens with zero attached hydrogens (tertiary/aromatic N) is 5. The van der Waals surface area contributed by atoms with Gasteiger partial charge >= 0.3 is 6.18 Å². The highest BCUT2D eigenvalue weighted by atomic mass is 19.4. The van der Waals surface area contributed by atoms with Crippen molar-refractivity contribution >= 4 is 5.91 Å². The fraction of sp³-hybridized carbons (Fsp3) is 0.192. The lowest BCUT2D eigenvalue weighted by atomic mass is 10.1. The molecular formula is C26H19F3N6O2. The minimum Gasteiger partial charge on any atom is -0.348 e. The summed E-state index contributed by atoms with van der Waals surface area (Å²) in [7, 11) is 0. The molecule has 4 aromatic rings. The molecule has 0 bridgehead atoms. The first-order valence-electron chi connectivity index (χ1n) is 11.3. The van der Waals surface area contributed by atoms with E-state index in [1.54, 1.807) is 37.3 Å². The van der Waals surface area contributed by atoms with E-state index in [9.17, 15) is 22.8 Å². The average molecular weight is 504 g/mol. The number of aromatic nitrogens is 4. The highest BCUT2D eigenvalue weighted by Gasteiger charge is 2.32. The van der Waals surface area contributed by atoms with Crippen LogP contribution in [0.4, 0.5) is 13.2 Å². The van der Waals surface area contributed by atoms with Crippen molar-refractivity contribution in [3.8, 4) is 28.8 Å². The number of carbonyl (C=O) groups is 1.